The van der Waals surface area contributed by atoms with Crippen LogP contribution in [0.25, 0.3) is 0 Å². The van der Waals surface area contributed by atoms with Gasteiger partial charge in [0, 0.05) is 33.0 Å². The van der Waals surface area contributed by atoms with Crippen LogP contribution in [0.4, 0.5) is 0 Å². The molecular weight excluding hydrogens is 182 g/mol. The Hall–Kier alpha value is -0.160. The molecule has 1 heterocycles. The third-order valence-electron chi connectivity index (χ3n) is 2.66. The van der Waals surface area contributed by atoms with Gasteiger partial charge in [0.25, 0.3) is 0 Å². The van der Waals surface area contributed by atoms with E-state index in [1.54, 1.807) is 0 Å². The highest BCUT2D eigenvalue weighted by molar-refractivity contribution is 4.73. The normalized spacial score (nSPS) is 21.0. The lowest BCUT2D eigenvalue weighted by molar-refractivity contribution is -0.0322. The van der Waals surface area contributed by atoms with Crippen LogP contribution in [0.5, 0.6) is 0 Å². The summed E-state index contributed by atoms with van der Waals surface area (Å²) in [6.45, 7) is 3.01. The van der Waals surface area contributed by atoms with E-state index in [0.717, 1.165) is 26.1 Å². The Balaban J connectivity index is 2.21. The molecule has 0 aromatic rings. The average Bonchev–Trinajstić information content (AvgIpc) is 2.26. The maximum absolute atomic E-state index is 8.63. The smallest absolute Gasteiger partial charge is 0.0727 e. The van der Waals surface area contributed by atoms with Crippen molar-refractivity contribution < 1.29 is 14.6 Å². The SMILES string of the molecule is NCC(OCCCO)C1CCOCC1. The number of aliphatic hydroxyl groups is 1. The highest BCUT2D eigenvalue weighted by Gasteiger charge is 2.23. The second kappa shape index (κ2) is 7.17. The van der Waals surface area contributed by atoms with Crippen molar-refractivity contribution in [2.45, 2.75) is 25.4 Å². The Bertz CT molecular complexity index is 137. The zero-order valence-electron chi connectivity index (χ0n) is 8.65. The van der Waals surface area contributed by atoms with E-state index in [1.807, 2.05) is 0 Å². The maximum atomic E-state index is 8.63. The molecule has 14 heavy (non-hydrogen) atoms. The van der Waals surface area contributed by atoms with Crippen molar-refractivity contribution in [2.24, 2.45) is 11.7 Å². The van der Waals surface area contributed by atoms with Gasteiger partial charge in [-0.2, -0.15) is 0 Å². The lowest BCUT2D eigenvalue weighted by Crippen LogP contribution is -2.35. The first-order valence-corrected chi connectivity index (χ1v) is 5.38. The van der Waals surface area contributed by atoms with Gasteiger partial charge in [0.2, 0.25) is 0 Å². The Kier molecular flexibility index (Phi) is 6.10. The van der Waals surface area contributed by atoms with Gasteiger partial charge in [0.1, 0.15) is 0 Å². The predicted octanol–water partition coefficient (Wildman–Crippen LogP) is 0.139. The van der Waals surface area contributed by atoms with Crippen LogP contribution in [-0.4, -0.2) is 44.2 Å². The molecule has 1 rings (SSSR count). The molecule has 4 nitrogen and oxygen atoms in total. The van der Waals surface area contributed by atoms with Crippen LogP contribution >= 0.6 is 0 Å². The molecule has 1 aliphatic heterocycles. The summed E-state index contributed by atoms with van der Waals surface area (Å²) in [6.07, 6.45) is 2.92. The second-order valence-electron chi connectivity index (χ2n) is 3.67. The molecule has 1 unspecified atom stereocenters. The summed E-state index contributed by atoms with van der Waals surface area (Å²) >= 11 is 0. The molecule has 1 fully saturated rings. The van der Waals surface area contributed by atoms with E-state index in [0.29, 0.717) is 25.5 Å². The van der Waals surface area contributed by atoms with Gasteiger partial charge in [-0.1, -0.05) is 0 Å². The van der Waals surface area contributed by atoms with Crippen LogP contribution in [0.1, 0.15) is 19.3 Å². The number of aliphatic hydroxyl groups excluding tert-OH is 1. The van der Waals surface area contributed by atoms with Gasteiger partial charge in [-0.25, -0.2) is 0 Å². The zero-order chi connectivity index (χ0) is 10.2. The van der Waals surface area contributed by atoms with Gasteiger partial charge < -0.3 is 20.3 Å². The largest absolute Gasteiger partial charge is 0.396 e. The molecule has 0 bridgehead atoms. The van der Waals surface area contributed by atoms with E-state index in [9.17, 15) is 0 Å². The van der Waals surface area contributed by atoms with Crippen molar-refractivity contribution in [3.63, 3.8) is 0 Å². The summed E-state index contributed by atoms with van der Waals surface area (Å²) in [5.41, 5.74) is 5.66. The van der Waals surface area contributed by atoms with Crippen molar-refractivity contribution >= 4 is 0 Å². The molecular formula is C10H21NO3. The van der Waals surface area contributed by atoms with Crippen LogP contribution in [0.15, 0.2) is 0 Å². The zero-order valence-corrected chi connectivity index (χ0v) is 8.65. The van der Waals surface area contributed by atoms with Crippen molar-refractivity contribution in [3.8, 4) is 0 Å². The van der Waals surface area contributed by atoms with Gasteiger partial charge in [-0.3, -0.25) is 0 Å². The molecule has 1 saturated heterocycles. The van der Waals surface area contributed by atoms with Crippen LogP contribution in [0.2, 0.25) is 0 Å². The van der Waals surface area contributed by atoms with Gasteiger partial charge in [0.15, 0.2) is 0 Å². The van der Waals surface area contributed by atoms with Crippen molar-refractivity contribution in [3.05, 3.63) is 0 Å². The molecule has 0 aromatic carbocycles. The molecule has 0 radical (unpaired) electrons. The number of hydrogen-bond acceptors (Lipinski definition) is 4. The topological polar surface area (TPSA) is 64.7 Å². The number of nitrogens with two attached hydrogens (primary N) is 1. The fourth-order valence-corrected chi connectivity index (χ4v) is 1.78. The Morgan fingerprint density at radius 2 is 2.14 bits per heavy atom. The van der Waals surface area contributed by atoms with Gasteiger partial charge in [0.05, 0.1) is 6.10 Å². The molecule has 4 heteroatoms. The fraction of sp³-hybridized carbons (Fsp3) is 1.00. The average molecular weight is 203 g/mol. The first kappa shape index (κ1) is 11.9. The standard InChI is InChI=1S/C10H21NO3/c11-8-10(14-5-1-4-12)9-2-6-13-7-3-9/h9-10,12H,1-8,11H2. The van der Waals surface area contributed by atoms with Gasteiger partial charge in [-0.15, -0.1) is 0 Å². The minimum absolute atomic E-state index is 0.144. The minimum atomic E-state index is 0.144. The van der Waals surface area contributed by atoms with E-state index >= 15 is 0 Å². The first-order valence-electron chi connectivity index (χ1n) is 5.38. The summed E-state index contributed by atoms with van der Waals surface area (Å²) in [4.78, 5) is 0. The molecule has 3 N–H and O–H groups in total. The number of rotatable bonds is 6. The fourth-order valence-electron chi connectivity index (χ4n) is 1.78. The molecule has 0 aliphatic carbocycles. The summed E-state index contributed by atoms with van der Waals surface area (Å²) in [6, 6.07) is 0. The molecule has 1 atom stereocenters. The molecule has 1 aliphatic rings. The molecule has 0 amide bonds. The monoisotopic (exact) mass is 203 g/mol. The summed E-state index contributed by atoms with van der Waals surface area (Å²) in [7, 11) is 0. The van der Waals surface area contributed by atoms with Crippen LogP contribution in [0.3, 0.4) is 0 Å². The van der Waals surface area contributed by atoms with Gasteiger partial charge in [-0.05, 0) is 25.2 Å². The van der Waals surface area contributed by atoms with Crippen LogP contribution in [-0.2, 0) is 9.47 Å². The van der Waals surface area contributed by atoms with Crippen molar-refractivity contribution in [1.29, 1.82) is 0 Å². The van der Waals surface area contributed by atoms with Crippen molar-refractivity contribution in [2.75, 3.05) is 33.0 Å². The molecule has 0 aromatic heterocycles. The highest BCUT2D eigenvalue weighted by Crippen LogP contribution is 2.20. The summed E-state index contributed by atoms with van der Waals surface area (Å²) in [5, 5.41) is 8.63. The minimum Gasteiger partial charge on any atom is -0.396 e. The molecule has 0 spiro atoms. The molecule has 0 saturated carbocycles. The summed E-state index contributed by atoms with van der Waals surface area (Å²) < 4.78 is 10.9. The third-order valence-corrected chi connectivity index (χ3v) is 2.66. The maximum Gasteiger partial charge on any atom is 0.0727 e. The lowest BCUT2D eigenvalue weighted by Gasteiger charge is -2.29. The van der Waals surface area contributed by atoms with E-state index in [-0.39, 0.29) is 12.7 Å². The lowest BCUT2D eigenvalue weighted by atomic mass is 9.94. The first-order chi connectivity index (χ1) is 6.88. The Morgan fingerprint density at radius 3 is 2.71 bits per heavy atom. The van der Waals surface area contributed by atoms with Crippen LogP contribution in [0, 0.1) is 5.92 Å². The predicted molar refractivity (Wildman–Crippen MR) is 54.0 cm³/mol. The van der Waals surface area contributed by atoms with Crippen LogP contribution < -0.4 is 5.73 Å². The van der Waals surface area contributed by atoms with E-state index in [1.165, 1.54) is 0 Å². The second-order valence-corrected chi connectivity index (χ2v) is 3.67. The highest BCUT2D eigenvalue weighted by atomic mass is 16.5. The van der Waals surface area contributed by atoms with E-state index in [4.69, 9.17) is 20.3 Å². The van der Waals surface area contributed by atoms with Gasteiger partial charge >= 0.3 is 0 Å². The molecule has 84 valence electrons. The summed E-state index contributed by atoms with van der Waals surface area (Å²) in [5.74, 6) is 0.535. The Labute approximate surface area is 85.4 Å². The number of hydrogen-bond donors (Lipinski definition) is 2. The van der Waals surface area contributed by atoms with Crippen molar-refractivity contribution in [1.82, 2.24) is 0 Å². The quantitative estimate of drug-likeness (QED) is 0.603. The number of ether oxygens (including phenoxy) is 2. The van der Waals surface area contributed by atoms with E-state index < -0.39 is 0 Å². The van der Waals surface area contributed by atoms with E-state index in [2.05, 4.69) is 0 Å². The third kappa shape index (κ3) is 3.92. The Morgan fingerprint density at radius 1 is 1.43 bits per heavy atom.